The van der Waals surface area contributed by atoms with Crippen LogP contribution in [0.15, 0.2) is 22.7 Å². The van der Waals surface area contributed by atoms with E-state index < -0.39 is 0 Å². The highest BCUT2D eigenvalue weighted by Crippen LogP contribution is 2.27. The first-order valence-electron chi connectivity index (χ1n) is 6.30. The van der Waals surface area contributed by atoms with E-state index in [0.29, 0.717) is 6.61 Å². The lowest BCUT2D eigenvalue weighted by atomic mass is 9.96. The first kappa shape index (κ1) is 13.8. The quantitative estimate of drug-likeness (QED) is 0.926. The largest absolute Gasteiger partial charge is 0.497 e. The van der Waals surface area contributed by atoms with Crippen molar-refractivity contribution in [3.05, 3.63) is 28.2 Å². The Morgan fingerprint density at radius 1 is 1.44 bits per heavy atom. The summed E-state index contributed by atoms with van der Waals surface area (Å²) in [5, 5.41) is 3.39. The van der Waals surface area contributed by atoms with Gasteiger partial charge < -0.3 is 14.8 Å². The van der Waals surface area contributed by atoms with Crippen LogP contribution >= 0.6 is 15.9 Å². The van der Waals surface area contributed by atoms with Gasteiger partial charge in [-0.2, -0.15) is 0 Å². The van der Waals surface area contributed by atoms with Gasteiger partial charge >= 0.3 is 0 Å². The summed E-state index contributed by atoms with van der Waals surface area (Å²) >= 11 is 3.55. The van der Waals surface area contributed by atoms with Crippen molar-refractivity contribution in [3.8, 4) is 5.75 Å². The molecular weight excluding hydrogens is 294 g/mol. The van der Waals surface area contributed by atoms with Crippen LogP contribution in [-0.2, 0) is 11.3 Å². The fourth-order valence-corrected chi connectivity index (χ4v) is 2.55. The summed E-state index contributed by atoms with van der Waals surface area (Å²) in [5.74, 6) is 0.865. The summed E-state index contributed by atoms with van der Waals surface area (Å²) < 4.78 is 12.4. The van der Waals surface area contributed by atoms with Crippen molar-refractivity contribution < 1.29 is 9.47 Å². The highest BCUT2D eigenvalue weighted by Gasteiger charge is 2.27. The van der Waals surface area contributed by atoms with E-state index in [4.69, 9.17) is 9.47 Å². The van der Waals surface area contributed by atoms with Crippen LogP contribution in [0.4, 0.5) is 0 Å². The molecule has 1 saturated heterocycles. The van der Waals surface area contributed by atoms with Crippen LogP contribution < -0.4 is 10.1 Å². The van der Waals surface area contributed by atoms with Gasteiger partial charge in [0.25, 0.3) is 0 Å². The zero-order valence-electron chi connectivity index (χ0n) is 11.0. The van der Waals surface area contributed by atoms with Crippen LogP contribution in [0.2, 0.25) is 0 Å². The van der Waals surface area contributed by atoms with Crippen molar-refractivity contribution in [3.63, 3.8) is 0 Å². The molecule has 18 heavy (non-hydrogen) atoms. The number of piperidine rings is 1. The Bertz CT molecular complexity index is 403. The average molecular weight is 314 g/mol. The van der Waals surface area contributed by atoms with E-state index >= 15 is 0 Å². The van der Waals surface area contributed by atoms with Crippen LogP contribution in [0.5, 0.6) is 5.75 Å². The predicted molar refractivity (Wildman–Crippen MR) is 76.0 cm³/mol. The third-order valence-electron chi connectivity index (χ3n) is 3.39. The number of methoxy groups -OCH3 is 1. The molecule has 0 saturated carbocycles. The fourth-order valence-electron chi connectivity index (χ4n) is 2.19. The van der Waals surface area contributed by atoms with Gasteiger partial charge in [-0.15, -0.1) is 0 Å². The molecule has 0 aromatic heterocycles. The van der Waals surface area contributed by atoms with Crippen LogP contribution in [0.1, 0.15) is 25.3 Å². The van der Waals surface area contributed by atoms with Crippen molar-refractivity contribution in [2.24, 2.45) is 0 Å². The molecule has 1 atom stereocenters. The molecular formula is C14H20BrNO2. The molecule has 100 valence electrons. The molecule has 1 unspecified atom stereocenters. The van der Waals surface area contributed by atoms with Crippen molar-refractivity contribution in [1.82, 2.24) is 5.32 Å². The Kier molecular flexibility index (Phi) is 4.65. The van der Waals surface area contributed by atoms with Gasteiger partial charge in [-0.25, -0.2) is 0 Å². The first-order valence-corrected chi connectivity index (χ1v) is 7.09. The Morgan fingerprint density at radius 2 is 2.28 bits per heavy atom. The molecule has 1 aromatic carbocycles. The van der Waals surface area contributed by atoms with Crippen LogP contribution in [0.25, 0.3) is 0 Å². The third-order valence-corrected chi connectivity index (χ3v) is 4.16. The molecule has 0 radical (unpaired) electrons. The van der Waals surface area contributed by atoms with E-state index in [-0.39, 0.29) is 5.60 Å². The van der Waals surface area contributed by atoms with E-state index in [9.17, 15) is 0 Å². The van der Waals surface area contributed by atoms with Gasteiger partial charge in [0.15, 0.2) is 0 Å². The average Bonchev–Trinajstić information content (AvgIpc) is 2.39. The molecule has 1 fully saturated rings. The molecule has 1 aliphatic heterocycles. The number of hydrogen-bond donors (Lipinski definition) is 1. The molecule has 1 heterocycles. The summed E-state index contributed by atoms with van der Waals surface area (Å²) in [6, 6.07) is 5.96. The van der Waals surface area contributed by atoms with Crippen molar-refractivity contribution in [2.75, 3.05) is 20.2 Å². The molecule has 0 bridgehead atoms. The lowest BCUT2D eigenvalue weighted by Gasteiger charge is -2.34. The molecule has 0 amide bonds. The maximum atomic E-state index is 6.09. The summed E-state index contributed by atoms with van der Waals surface area (Å²) in [6.45, 7) is 4.81. The zero-order chi connectivity index (χ0) is 13.0. The second-order valence-corrected chi connectivity index (χ2v) is 5.83. The maximum Gasteiger partial charge on any atom is 0.119 e. The van der Waals surface area contributed by atoms with E-state index in [2.05, 4.69) is 28.2 Å². The zero-order valence-corrected chi connectivity index (χ0v) is 12.5. The topological polar surface area (TPSA) is 30.5 Å². The van der Waals surface area contributed by atoms with Crippen molar-refractivity contribution in [1.29, 1.82) is 0 Å². The predicted octanol–water partition coefficient (Wildman–Crippen LogP) is 3.12. The van der Waals surface area contributed by atoms with E-state index in [1.165, 1.54) is 6.42 Å². The Labute approximate surface area is 117 Å². The van der Waals surface area contributed by atoms with Gasteiger partial charge in [0.2, 0.25) is 0 Å². The Morgan fingerprint density at radius 3 is 2.94 bits per heavy atom. The molecule has 0 aliphatic carbocycles. The van der Waals surface area contributed by atoms with Gasteiger partial charge in [-0.05, 0) is 50.1 Å². The number of benzene rings is 1. The summed E-state index contributed by atoms with van der Waals surface area (Å²) in [5.41, 5.74) is 1.07. The Hall–Kier alpha value is -0.580. The number of hydrogen-bond acceptors (Lipinski definition) is 3. The van der Waals surface area contributed by atoms with E-state index in [1.54, 1.807) is 7.11 Å². The number of halogens is 1. The number of nitrogens with one attached hydrogen (secondary N) is 1. The minimum absolute atomic E-state index is 0.0548. The molecule has 3 nitrogen and oxygen atoms in total. The number of ether oxygens (including phenoxy) is 2. The monoisotopic (exact) mass is 313 g/mol. The lowest BCUT2D eigenvalue weighted by molar-refractivity contribution is -0.0573. The normalized spacial score (nSPS) is 23.9. The first-order chi connectivity index (χ1) is 8.63. The SMILES string of the molecule is COc1ccc(Br)c(COC2(C)CCCNC2)c1. The van der Waals surface area contributed by atoms with E-state index in [1.807, 2.05) is 18.2 Å². The summed E-state index contributed by atoms with van der Waals surface area (Å²) in [7, 11) is 1.68. The molecule has 1 aliphatic rings. The van der Waals surface area contributed by atoms with Gasteiger partial charge in [-0.3, -0.25) is 0 Å². The lowest BCUT2D eigenvalue weighted by Crippen LogP contribution is -2.45. The van der Waals surface area contributed by atoms with Crippen molar-refractivity contribution >= 4 is 15.9 Å². The highest BCUT2D eigenvalue weighted by atomic mass is 79.9. The second-order valence-electron chi connectivity index (χ2n) is 4.98. The molecule has 4 heteroatoms. The molecule has 2 rings (SSSR count). The van der Waals surface area contributed by atoms with Crippen LogP contribution in [0, 0.1) is 0 Å². The minimum Gasteiger partial charge on any atom is -0.497 e. The van der Waals surface area contributed by atoms with Gasteiger partial charge in [0.1, 0.15) is 5.75 Å². The number of rotatable bonds is 4. The highest BCUT2D eigenvalue weighted by molar-refractivity contribution is 9.10. The molecule has 0 spiro atoms. The van der Waals surface area contributed by atoms with E-state index in [0.717, 1.165) is 35.3 Å². The van der Waals surface area contributed by atoms with Crippen molar-refractivity contribution in [2.45, 2.75) is 32.0 Å². The van der Waals surface area contributed by atoms with Crippen LogP contribution in [-0.4, -0.2) is 25.8 Å². The summed E-state index contributed by atoms with van der Waals surface area (Å²) in [6.07, 6.45) is 2.29. The van der Waals surface area contributed by atoms with Gasteiger partial charge in [-0.1, -0.05) is 15.9 Å². The van der Waals surface area contributed by atoms with Gasteiger partial charge in [0.05, 0.1) is 19.3 Å². The minimum atomic E-state index is -0.0548. The second kappa shape index (κ2) is 6.04. The third kappa shape index (κ3) is 3.46. The van der Waals surface area contributed by atoms with Gasteiger partial charge in [0, 0.05) is 11.0 Å². The standard InChI is InChI=1S/C14H20BrNO2/c1-14(6-3-7-16-10-14)18-9-11-8-12(17-2)4-5-13(11)15/h4-5,8,16H,3,6-7,9-10H2,1-2H3. The molecule has 1 N–H and O–H groups in total. The van der Waals surface area contributed by atoms with Crippen LogP contribution in [0.3, 0.4) is 0 Å². The summed E-state index contributed by atoms with van der Waals surface area (Å²) in [4.78, 5) is 0. The molecule has 1 aromatic rings. The smallest absolute Gasteiger partial charge is 0.119 e. The maximum absolute atomic E-state index is 6.09. The fraction of sp³-hybridized carbons (Fsp3) is 0.571. The Balaban J connectivity index is 2.00.